The van der Waals surface area contributed by atoms with Crippen LogP contribution in [0.3, 0.4) is 0 Å². The summed E-state index contributed by atoms with van der Waals surface area (Å²) in [6, 6.07) is 3.65. The van der Waals surface area contributed by atoms with Crippen molar-refractivity contribution in [3.05, 3.63) is 23.4 Å². The van der Waals surface area contributed by atoms with Gasteiger partial charge in [0, 0.05) is 18.9 Å². The van der Waals surface area contributed by atoms with Gasteiger partial charge in [-0.05, 0) is 17.5 Å². The van der Waals surface area contributed by atoms with Crippen molar-refractivity contribution < 1.29 is 19.3 Å². The van der Waals surface area contributed by atoms with Crippen molar-refractivity contribution in [2.45, 2.75) is 26.4 Å². The number of ether oxygens (including phenoxy) is 3. The summed E-state index contributed by atoms with van der Waals surface area (Å²) in [6.45, 7) is 6.16. The summed E-state index contributed by atoms with van der Waals surface area (Å²) in [4.78, 5) is 4.40. The molecule has 0 atom stereocenters. The largest absolute Gasteiger partial charge is 0.475 e. The lowest BCUT2D eigenvalue weighted by molar-refractivity contribution is 0.0536. The highest BCUT2D eigenvalue weighted by Crippen LogP contribution is 2.19. The average molecular weight is 269 g/mol. The summed E-state index contributed by atoms with van der Waals surface area (Å²) in [6.07, 6.45) is 0. The van der Waals surface area contributed by atoms with Crippen LogP contribution in [0.1, 0.15) is 31.0 Å². The van der Waals surface area contributed by atoms with Gasteiger partial charge >= 0.3 is 0 Å². The van der Waals surface area contributed by atoms with E-state index in [1.807, 2.05) is 6.07 Å². The third-order valence-electron chi connectivity index (χ3n) is 2.56. The molecule has 1 aromatic heterocycles. The van der Waals surface area contributed by atoms with Crippen molar-refractivity contribution in [2.24, 2.45) is 0 Å². The molecule has 0 spiro atoms. The van der Waals surface area contributed by atoms with Gasteiger partial charge < -0.3 is 19.3 Å². The first-order valence-corrected chi connectivity index (χ1v) is 6.48. The summed E-state index contributed by atoms with van der Waals surface area (Å²) in [7, 11) is 1.64. The van der Waals surface area contributed by atoms with Gasteiger partial charge in [0.1, 0.15) is 6.61 Å². The highest BCUT2D eigenvalue weighted by atomic mass is 16.5. The normalized spacial score (nSPS) is 11.0. The van der Waals surface area contributed by atoms with Gasteiger partial charge in [-0.25, -0.2) is 4.98 Å². The molecule has 1 rings (SSSR count). The van der Waals surface area contributed by atoms with Crippen molar-refractivity contribution in [1.82, 2.24) is 4.98 Å². The summed E-state index contributed by atoms with van der Waals surface area (Å²) in [5.41, 5.74) is 1.73. The molecule has 0 aromatic carbocycles. The molecule has 108 valence electrons. The fourth-order valence-corrected chi connectivity index (χ4v) is 1.49. The molecular formula is C14H23NO4. The van der Waals surface area contributed by atoms with Crippen LogP contribution in [-0.4, -0.2) is 43.6 Å². The standard InChI is InChI=1S/C14H23NO4/c1-11(2)13-8-12(10-16)9-14(15-13)19-7-6-18-5-4-17-3/h8-9,11,16H,4-7,10H2,1-3H3. The zero-order valence-corrected chi connectivity index (χ0v) is 11.9. The van der Waals surface area contributed by atoms with Crippen LogP contribution in [-0.2, 0) is 16.1 Å². The van der Waals surface area contributed by atoms with Crippen LogP contribution in [0.15, 0.2) is 12.1 Å². The molecule has 1 heterocycles. The average Bonchev–Trinajstić information content (AvgIpc) is 2.42. The molecule has 0 aliphatic carbocycles. The highest BCUT2D eigenvalue weighted by molar-refractivity contribution is 5.26. The van der Waals surface area contributed by atoms with E-state index < -0.39 is 0 Å². The van der Waals surface area contributed by atoms with Crippen LogP contribution in [0.5, 0.6) is 5.88 Å². The Morgan fingerprint density at radius 2 is 1.89 bits per heavy atom. The van der Waals surface area contributed by atoms with Gasteiger partial charge in [0.05, 0.1) is 26.4 Å². The molecule has 0 saturated heterocycles. The van der Waals surface area contributed by atoms with Crippen LogP contribution in [0.4, 0.5) is 0 Å². The van der Waals surface area contributed by atoms with E-state index in [2.05, 4.69) is 18.8 Å². The number of hydrogen-bond donors (Lipinski definition) is 1. The van der Waals surface area contributed by atoms with Crippen molar-refractivity contribution in [2.75, 3.05) is 33.5 Å². The van der Waals surface area contributed by atoms with Gasteiger partial charge in [0.15, 0.2) is 0 Å². The molecule has 0 radical (unpaired) electrons. The summed E-state index contributed by atoms with van der Waals surface area (Å²) < 4.78 is 15.7. The minimum Gasteiger partial charge on any atom is -0.475 e. The zero-order chi connectivity index (χ0) is 14.1. The Bertz CT molecular complexity index is 368. The maximum Gasteiger partial charge on any atom is 0.213 e. The fourth-order valence-electron chi connectivity index (χ4n) is 1.49. The van der Waals surface area contributed by atoms with Gasteiger partial charge in [-0.15, -0.1) is 0 Å². The molecule has 0 bridgehead atoms. The summed E-state index contributed by atoms with van der Waals surface area (Å²) in [5, 5.41) is 9.22. The Balaban J connectivity index is 2.46. The predicted molar refractivity (Wildman–Crippen MR) is 72.4 cm³/mol. The van der Waals surface area contributed by atoms with E-state index in [1.165, 1.54) is 0 Å². The van der Waals surface area contributed by atoms with Crippen molar-refractivity contribution >= 4 is 0 Å². The van der Waals surface area contributed by atoms with E-state index in [1.54, 1.807) is 13.2 Å². The number of methoxy groups -OCH3 is 1. The second-order valence-electron chi connectivity index (χ2n) is 4.50. The van der Waals surface area contributed by atoms with Crippen molar-refractivity contribution in [3.8, 4) is 5.88 Å². The lowest BCUT2D eigenvalue weighted by atomic mass is 10.1. The number of hydrogen-bond acceptors (Lipinski definition) is 5. The van der Waals surface area contributed by atoms with Crippen molar-refractivity contribution in [3.63, 3.8) is 0 Å². The van der Waals surface area contributed by atoms with Gasteiger partial charge in [-0.1, -0.05) is 13.8 Å². The Hall–Kier alpha value is -1.17. The monoisotopic (exact) mass is 269 g/mol. The van der Waals surface area contributed by atoms with Gasteiger partial charge in [0.2, 0.25) is 5.88 Å². The van der Waals surface area contributed by atoms with Crippen LogP contribution in [0, 0.1) is 0 Å². The molecule has 1 aromatic rings. The van der Waals surface area contributed by atoms with E-state index in [0.29, 0.717) is 38.2 Å². The number of aliphatic hydroxyl groups is 1. The first kappa shape index (κ1) is 15.9. The lowest BCUT2D eigenvalue weighted by Gasteiger charge is -2.11. The highest BCUT2D eigenvalue weighted by Gasteiger charge is 2.06. The Labute approximate surface area is 114 Å². The molecule has 0 amide bonds. The van der Waals surface area contributed by atoms with Gasteiger partial charge in [0.25, 0.3) is 0 Å². The van der Waals surface area contributed by atoms with Gasteiger partial charge in [-0.2, -0.15) is 0 Å². The molecule has 0 fully saturated rings. The maximum atomic E-state index is 9.22. The SMILES string of the molecule is COCCOCCOc1cc(CO)cc(C(C)C)n1. The summed E-state index contributed by atoms with van der Waals surface area (Å²) in [5.74, 6) is 0.831. The Kier molecular flexibility index (Phi) is 7.40. The Morgan fingerprint density at radius 1 is 1.16 bits per heavy atom. The van der Waals surface area contributed by atoms with E-state index >= 15 is 0 Å². The minimum atomic E-state index is -0.0110. The second kappa shape index (κ2) is 8.85. The van der Waals surface area contributed by atoms with Crippen LogP contribution >= 0.6 is 0 Å². The molecular weight excluding hydrogens is 246 g/mol. The first-order valence-electron chi connectivity index (χ1n) is 6.48. The number of nitrogens with zero attached hydrogens (tertiary/aromatic N) is 1. The molecule has 5 heteroatoms. The second-order valence-corrected chi connectivity index (χ2v) is 4.50. The van der Waals surface area contributed by atoms with E-state index in [9.17, 15) is 5.11 Å². The predicted octanol–water partition coefficient (Wildman–Crippen LogP) is 1.74. The fraction of sp³-hybridized carbons (Fsp3) is 0.643. The third-order valence-corrected chi connectivity index (χ3v) is 2.56. The lowest BCUT2D eigenvalue weighted by Crippen LogP contribution is -2.11. The van der Waals surface area contributed by atoms with Crippen LogP contribution < -0.4 is 4.74 Å². The topological polar surface area (TPSA) is 60.8 Å². The molecule has 0 unspecified atom stereocenters. The van der Waals surface area contributed by atoms with E-state index in [4.69, 9.17) is 14.2 Å². The number of rotatable bonds is 9. The third kappa shape index (κ3) is 6.00. The van der Waals surface area contributed by atoms with Crippen molar-refractivity contribution in [1.29, 1.82) is 0 Å². The smallest absolute Gasteiger partial charge is 0.213 e. The summed E-state index contributed by atoms with van der Waals surface area (Å²) >= 11 is 0. The quantitative estimate of drug-likeness (QED) is 0.692. The van der Waals surface area contributed by atoms with Crippen LogP contribution in [0.2, 0.25) is 0 Å². The van der Waals surface area contributed by atoms with Gasteiger partial charge in [-0.3, -0.25) is 0 Å². The van der Waals surface area contributed by atoms with Crippen LogP contribution in [0.25, 0.3) is 0 Å². The number of pyridine rings is 1. The molecule has 19 heavy (non-hydrogen) atoms. The number of aromatic nitrogens is 1. The minimum absolute atomic E-state index is 0.0110. The molecule has 0 aliphatic rings. The van der Waals surface area contributed by atoms with E-state index in [-0.39, 0.29) is 6.61 Å². The molecule has 5 nitrogen and oxygen atoms in total. The molecule has 0 saturated carbocycles. The Morgan fingerprint density at radius 3 is 2.53 bits per heavy atom. The zero-order valence-electron chi connectivity index (χ0n) is 11.9. The first-order chi connectivity index (χ1) is 9.17. The van der Waals surface area contributed by atoms with E-state index in [0.717, 1.165) is 11.3 Å². The number of aliphatic hydroxyl groups excluding tert-OH is 1. The molecule has 1 N–H and O–H groups in total. The molecule has 0 aliphatic heterocycles. The maximum absolute atomic E-state index is 9.22.